The normalized spacial score (nSPS) is 11.6. The fourth-order valence-corrected chi connectivity index (χ4v) is 1.70. The summed E-state index contributed by atoms with van der Waals surface area (Å²) in [4.78, 5) is 10.3. The van der Waals surface area contributed by atoms with Gasteiger partial charge in [0.2, 0.25) is 0 Å². The number of aryl methyl sites for hydroxylation is 1. The SMILES string of the molecule is C#CC(C)Nc1cc(C)c([N+](=O)[O-])cc1Br. The Kier molecular flexibility index (Phi) is 3.91. The van der Waals surface area contributed by atoms with Crippen LogP contribution >= 0.6 is 15.9 Å². The molecule has 0 saturated heterocycles. The van der Waals surface area contributed by atoms with Crippen molar-refractivity contribution in [1.29, 1.82) is 0 Å². The molecule has 0 bridgehead atoms. The second-order valence-corrected chi connectivity index (χ2v) is 4.26. The molecule has 1 aromatic rings. The van der Waals surface area contributed by atoms with E-state index in [1.165, 1.54) is 6.07 Å². The van der Waals surface area contributed by atoms with Gasteiger partial charge >= 0.3 is 0 Å². The van der Waals surface area contributed by atoms with E-state index < -0.39 is 4.92 Å². The molecule has 0 aliphatic heterocycles. The van der Waals surface area contributed by atoms with Crippen molar-refractivity contribution in [2.45, 2.75) is 19.9 Å². The van der Waals surface area contributed by atoms with Gasteiger partial charge in [-0.05, 0) is 35.8 Å². The first-order valence-electron chi connectivity index (χ1n) is 4.63. The number of hydrogen-bond acceptors (Lipinski definition) is 3. The van der Waals surface area contributed by atoms with Crippen molar-refractivity contribution >= 4 is 27.3 Å². The highest BCUT2D eigenvalue weighted by molar-refractivity contribution is 9.10. The third kappa shape index (κ3) is 2.74. The van der Waals surface area contributed by atoms with Gasteiger partial charge in [0.25, 0.3) is 5.69 Å². The van der Waals surface area contributed by atoms with Crippen molar-refractivity contribution in [1.82, 2.24) is 0 Å². The van der Waals surface area contributed by atoms with Crippen molar-refractivity contribution in [3.05, 3.63) is 32.3 Å². The Balaban J connectivity index is 3.11. The summed E-state index contributed by atoms with van der Waals surface area (Å²) < 4.78 is 0.631. The molecule has 0 radical (unpaired) electrons. The number of terminal acetylenes is 1. The molecule has 0 aromatic heterocycles. The molecular weight excluding hydrogens is 272 g/mol. The van der Waals surface area contributed by atoms with E-state index in [1.54, 1.807) is 13.0 Å². The third-order valence-electron chi connectivity index (χ3n) is 2.10. The molecule has 0 amide bonds. The van der Waals surface area contributed by atoms with Crippen molar-refractivity contribution in [3.63, 3.8) is 0 Å². The minimum absolute atomic E-state index is 0.0887. The highest BCUT2D eigenvalue weighted by Gasteiger charge is 2.14. The fourth-order valence-electron chi connectivity index (χ4n) is 1.25. The summed E-state index contributed by atoms with van der Waals surface area (Å²) in [5.74, 6) is 2.53. The summed E-state index contributed by atoms with van der Waals surface area (Å²) in [5.41, 5.74) is 1.44. The minimum atomic E-state index is -0.408. The minimum Gasteiger partial charge on any atom is -0.371 e. The average molecular weight is 283 g/mol. The maximum absolute atomic E-state index is 10.7. The molecule has 1 atom stereocenters. The molecular formula is C11H11BrN2O2. The molecule has 0 fully saturated rings. The number of rotatable bonds is 3. The van der Waals surface area contributed by atoms with Gasteiger partial charge in [0.15, 0.2) is 0 Å². The lowest BCUT2D eigenvalue weighted by Crippen LogP contribution is -2.12. The van der Waals surface area contributed by atoms with Crippen molar-refractivity contribution in [2.75, 3.05) is 5.32 Å². The number of hydrogen-bond donors (Lipinski definition) is 1. The van der Waals surface area contributed by atoms with Crippen LogP contribution < -0.4 is 5.32 Å². The van der Waals surface area contributed by atoms with Crippen LogP contribution in [0.2, 0.25) is 0 Å². The van der Waals surface area contributed by atoms with E-state index in [-0.39, 0.29) is 11.7 Å². The van der Waals surface area contributed by atoms with Crippen molar-refractivity contribution in [2.24, 2.45) is 0 Å². The van der Waals surface area contributed by atoms with Crippen molar-refractivity contribution in [3.8, 4) is 12.3 Å². The zero-order valence-electron chi connectivity index (χ0n) is 8.95. The van der Waals surface area contributed by atoms with Gasteiger partial charge < -0.3 is 5.32 Å². The first-order valence-corrected chi connectivity index (χ1v) is 5.42. The number of nitrogens with one attached hydrogen (secondary N) is 1. The Morgan fingerprint density at radius 2 is 2.25 bits per heavy atom. The lowest BCUT2D eigenvalue weighted by atomic mass is 10.1. The zero-order valence-corrected chi connectivity index (χ0v) is 10.5. The number of anilines is 1. The third-order valence-corrected chi connectivity index (χ3v) is 2.76. The average Bonchev–Trinajstić information content (AvgIpc) is 2.22. The van der Waals surface area contributed by atoms with Gasteiger partial charge in [0, 0.05) is 16.1 Å². The van der Waals surface area contributed by atoms with E-state index in [1.807, 2.05) is 6.92 Å². The van der Waals surface area contributed by atoms with E-state index in [4.69, 9.17) is 6.42 Å². The predicted octanol–water partition coefficient (Wildman–Crippen LogP) is 3.10. The van der Waals surface area contributed by atoms with Gasteiger partial charge in [-0.15, -0.1) is 6.42 Å². The molecule has 1 rings (SSSR count). The van der Waals surface area contributed by atoms with E-state index in [0.717, 1.165) is 5.69 Å². The maximum Gasteiger partial charge on any atom is 0.273 e. The quantitative estimate of drug-likeness (QED) is 0.527. The Bertz CT molecular complexity index is 466. The molecule has 4 nitrogen and oxygen atoms in total. The molecule has 84 valence electrons. The molecule has 1 unspecified atom stereocenters. The summed E-state index contributed by atoms with van der Waals surface area (Å²) in [5, 5.41) is 13.8. The van der Waals surface area contributed by atoms with Crippen LogP contribution in [0.4, 0.5) is 11.4 Å². The molecule has 0 aliphatic rings. The summed E-state index contributed by atoms with van der Waals surface area (Å²) in [6.07, 6.45) is 5.25. The summed E-state index contributed by atoms with van der Waals surface area (Å²) in [7, 11) is 0. The van der Waals surface area contributed by atoms with E-state index in [0.29, 0.717) is 10.0 Å². The van der Waals surface area contributed by atoms with Gasteiger partial charge in [-0.1, -0.05) is 5.92 Å². The maximum atomic E-state index is 10.7. The number of nitro benzene ring substituents is 1. The van der Waals surface area contributed by atoms with Gasteiger partial charge in [0.1, 0.15) is 0 Å². The first kappa shape index (κ1) is 12.5. The van der Waals surface area contributed by atoms with Gasteiger partial charge in [-0.25, -0.2) is 0 Å². The van der Waals surface area contributed by atoms with Crippen LogP contribution in [0.3, 0.4) is 0 Å². The molecule has 16 heavy (non-hydrogen) atoms. The molecule has 1 aromatic carbocycles. The van der Waals surface area contributed by atoms with Crippen LogP contribution in [0.1, 0.15) is 12.5 Å². The smallest absolute Gasteiger partial charge is 0.273 e. The molecule has 1 N–H and O–H groups in total. The Labute approximate surface area is 102 Å². The van der Waals surface area contributed by atoms with Gasteiger partial charge in [-0.2, -0.15) is 0 Å². The fraction of sp³-hybridized carbons (Fsp3) is 0.273. The largest absolute Gasteiger partial charge is 0.371 e. The summed E-state index contributed by atoms with van der Waals surface area (Å²) in [6.45, 7) is 3.53. The highest BCUT2D eigenvalue weighted by Crippen LogP contribution is 2.30. The Hall–Kier alpha value is -1.54. The molecule has 5 heteroatoms. The van der Waals surface area contributed by atoms with Gasteiger partial charge in [-0.3, -0.25) is 10.1 Å². The highest BCUT2D eigenvalue weighted by atomic mass is 79.9. The summed E-state index contributed by atoms with van der Waals surface area (Å²) >= 11 is 3.27. The molecule has 0 spiro atoms. The van der Waals surface area contributed by atoms with Crippen LogP contribution in [0.5, 0.6) is 0 Å². The number of nitro groups is 1. The topological polar surface area (TPSA) is 55.2 Å². The molecule has 0 saturated carbocycles. The molecule has 0 aliphatic carbocycles. The Morgan fingerprint density at radius 3 is 2.75 bits per heavy atom. The number of halogens is 1. The van der Waals surface area contributed by atoms with E-state index >= 15 is 0 Å². The van der Waals surface area contributed by atoms with Gasteiger partial charge in [0.05, 0.1) is 16.7 Å². The number of nitrogens with zero attached hydrogens (tertiary/aromatic N) is 1. The molecule has 0 heterocycles. The van der Waals surface area contributed by atoms with Crippen LogP contribution in [0, 0.1) is 29.4 Å². The number of benzene rings is 1. The van der Waals surface area contributed by atoms with E-state index in [2.05, 4.69) is 27.2 Å². The zero-order chi connectivity index (χ0) is 12.3. The van der Waals surface area contributed by atoms with Crippen LogP contribution in [-0.4, -0.2) is 11.0 Å². The monoisotopic (exact) mass is 282 g/mol. The van der Waals surface area contributed by atoms with Crippen LogP contribution in [-0.2, 0) is 0 Å². The summed E-state index contributed by atoms with van der Waals surface area (Å²) in [6, 6.07) is 3.05. The second-order valence-electron chi connectivity index (χ2n) is 3.41. The Morgan fingerprint density at radius 1 is 1.62 bits per heavy atom. The van der Waals surface area contributed by atoms with Crippen LogP contribution in [0.15, 0.2) is 16.6 Å². The second kappa shape index (κ2) is 4.99. The first-order chi connectivity index (χ1) is 7.45. The van der Waals surface area contributed by atoms with Crippen molar-refractivity contribution < 1.29 is 4.92 Å². The van der Waals surface area contributed by atoms with Crippen LogP contribution in [0.25, 0.3) is 0 Å². The standard InChI is InChI=1S/C11H11BrN2O2/c1-4-8(3)13-10-5-7(2)11(14(15)16)6-9(10)12/h1,5-6,8,13H,2-3H3. The predicted molar refractivity (Wildman–Crippen MR) is 67.5 cm³/mol. The lowest BCUT2D eigenvalue weighted by Gasteiger charge is -2.12. The lowest BCUT2D eigenvalue weighted by molar-refractivity contribution is -0.385. The van der Waals surface area contributed by atoms with E-state index in [9.17, 15) is 10.1 Å².